The summed E-state index contributed by atoms with van der Waals surface area (Å²) in [6, 6.07) is 17.1. The number of carbonyl (C=O) groups is 2. The highest BCUT2D eigenvalue weighted by Gasteiger charge is 2.35. The topological polar surface area (TPSA) is 64.4 Å². The van der Waals surface area contributed by atoms with E-state index in [4.69, 9.17) is 0 Å². The Hall–Kier alpha value is -2.78. The first-order valence-electron chi connectivity index (χ1n) is 9.51. The maximum absolute atomic E-state index is 13.1. The molecule has 2 aromatic rings. The van der Waals surface area contributed by atoms with Crippen LogP contribution >= 0.6 is 11.8 Å². The molecule has 1 saturated heterocycles. The van der Waals surface area contributed by atoms with Gasteiger partial charge in [0, 0.05) is 41.9 Å². The first-order valence-corrected chi connectivity index (χ1v) is 10.3. The smallest absolute Gasteiger partial charge is 0.255 e. The number of amides is 2. The maximum Gasteiger partial charge on any atom is 0.255 e. The van der Waals surface area contributed by atoms with Gasteiger partial charge in [0.2, 0.25) is 5.91 Å². The number of nitriles is 1. The maximum atomic E-state index is 13.1. The van der Waals surface area contributed by atoms with Gasteiger partial charge in [0.1, 0.15) is 6.07 Å². The molecule has 6 heteroatoms. The normalized spacial score (nSPS) is 16.5. The van der Waals surface area contributed by atoms with Crippen LogP contribution in [-0.4, -0.2) is 47.8 Å². The van der Waals surface area contributed by atoms with Crippen LogP contribution in [-0.2, 0) is 4.79 Å². The Bertz CT molecular complexity index is 941. The van der Waals surface area contributed by atoms with Crippen LogP contribution in [0.25, 0.3) is 0 Å². The van der Waals surface area contributed by atoms with Crippen LogP contribution in [0, 0.1) is 17.2 Å². The van der Waals surface area contributed by atoms with E-state index in [2.05, 4.69) is 6.07 Å². The second-order valence-electron chi connectivity index (χ2n) is 7.10. The van der Waals surface area contributed by atoms with Crippen LogP contribution in [0.2, 0.25) is 0 Å². The Labute approximate surface area is 168 Å². The van der Waals surface area contributed by atoms with Gasteiger partial charge in [-0.2, -0.15) is 5.26 Å². The van der Waals surface area contributed by atoms with Crippen LogP contribution in [0.5, 0.6) is 0 Å². The molecule has 2 aliphatic rings. The summed E-state index contributed by atoms with van der Waals surface area (Å²) >= 11 is 1.44. The van der Waals surface area contributed by atoms with Gasteiger partial charge in [-0.05, 0) is 37.1 Å². The van der Waals surface area contributed by atoms with E-state index in [-0.39, 0.29) is 17.7 Å². The number of hydrogen-bond donors (Lipinski definition) is 0. The van der Waals surface area contributed by atoms with Crippen molar-refractivity contribution in [3.8, 4) is 6.07 Å². The molecule has 2 aromatic carbocycles. The van der Waals surface area contributed by atoms with E-state index in [0.717, 1.165) is 22.6 Å². The molecule has 0 atom stereocenters. The molecule has 0 spiro atoms. The van der Waals surface area contributed by atoms with Gasteiger partial charge in [-0.15, -0.1) is 0 Å². The first kappa shape index (κ1) is 18.6. The summed E-state index contributed by atoms with van der Waals surface area (Å²) in [6.07, 6.45) is 2.01. The first-order chi connectivity index (χ1) is 13.7. The Morgan fingerprint density at radius 1 is 0.893 bits per heavy atom. The highest BCUT2D eigenvalue weighted by atomic mass is 32.2. The number of benzene rings is 2. The summed E-state index contributed by atoms with van der Waals surface area (Å²) in [5.74, 6) is 0.451. The van der Waals surface area contributed by atoms with Crippen LogP contribution in [0.3, 0.4) is 0 Å². The molecule has 142 valence electrons. The van der Waals surface area contributed by atoms with E-state index in [1.165, 1.54) is 11.8 Å². The monoisotopic (exact) mass is 391 g/mol. The molecule has 2 fully saturated rings. The van der Waals surface area contributed by atoms with Gasteiger partial charge < -0.3 is 9.80 Å². The number of carbonyl (C=O) groups excluding carboxylic acids is 2. The average Bonchev–Trinajstić information content (AvgIpc) is 3.59. The molecule has 5 nitrogen and oxygen atoms in total. The summed E-state index contributed by atoms with van der Waals surface area (Å²) in [5, 5.41) is 9.32. The molecular weight excluding hydrogens is 370 g/mol. The van der Waals surface area contributed by atoms with Gasteiger partial charge in [0.15, 0.2) is 0 Å². The minimum atomic E-state index is -0.0175. The van der Waals surface area contributed by atoms with Crippen molar-refractivity contribution in [2.45, 2.75) is 22.6 Å². The third-order valence-electron chi connectivity index (χ3n) is 5.15. The second kappa shape index (κ2) is 8.07. The zero-order valence-electron chi connectivity index (χ0n) is 15.5. The Kier molecular flexibility index (Phi) is 5.36. The van der Waals surface area contributed by atoms with Crippen molar-refractivity contribution in [3.63, 3.8) is 0 Å². The molecule has 1 aliphatic heterocycles. The van der Waals surface area contributed by atoms with Crippen LogP contribution in [0.1, 0.15) is 28.8 Å². The number of hydrogen-bond acceptors (Lipinski definition) is 4. The van der Waals surface area contributed by atoms with Gasteiger partial charge >= 0.3 is 0 Å². The predicted octanol–water partition coefficient (Wildman–Crippen LogP) is 3.40. The Morgan fingerprint density at radius 3 is 2.18 bits per heavy atom. The van der Waals surface area contributed by atoms with Crippen molar-refractivity contribution >= 4 is 23.6 Å². The van der Waals surface area contributed by atoms with E-state index < -0.39 is 0 Å². The van der Waals surface area contributed by atoms with Crippen molar-refractivity contribution in [3.05, 3.63) is 59.7 Å². The fourth-order valence-electron chi connectivity index (χ4n) is 3.39. The van der Waals surface area contributed by atoms with E-state index in [1.54, 1.807) is 6.07 Å². The quantitative estimate of drug-likeness (QED) is 0.801. The number of nitrogens with zero attached hydrogens (tertiary/aromatic N) is 3. The van der Waals surface area contributed by atoms with E-state index in [0.29, 0.717) is 37.3 Å². The molecule has 2 amide bonds. The van der Waals surface area contributed by atoms with Crippen molar-refractivity contribution in [2.75, 3.05) is 26.2 Å². The Balaban J connectivity index is 1.48. The zero-order valence-corrected chi connectivity index (χ0v) is 16.3. The highest BCUT2D eigenvalue weighted by Crippen LogP contribution is 2.34. The number of piperazine rings is 1. The van der Waals surface area contributed by atoms with Gasteiger partial charge in [-0.3, -0.25) is 9.59 Å². The molecule has 1 aliphatic carbocycles. The zero-order chi connectivity index (χ0) is 19.5. The summed E-state index contributed by atoms with van der Waals surface area (Å²) in [7, 11) is 0. The molecule has 0 N–H and O–H groups in total. The van der Waals surface area contributed by atoms with Gasteiger partial charge in [0.05, 0.1) is 11.1 Å². The van der Waals surface area contributed by atoms with Crippen LogP contribution in [0.4, 0.5) is 0 Å². The largest absolute Gasteiger partial charge is 0.339 e. The SMILES string of the molecule is N#Cc1ccccc1Sc1ccccc1C(=O)N1CCN(C(=O)C2CC2)CC1. The lowest BCUT2D eigenvalue weighted by atomic mass is 10.1. The minimum absolute atomic E-state index is 0.0175. The average molecular weight is 391 g/mol. The molecule has 28 heavy (non-hydrogen) atoms. The van der Waals surface area contributed by atoms with E-state index >= 15 is 0 Å². The van der Waals surface area contributed by atoms with E-state index in [1.807, 2.05) is 52.3 Å². The van der Waals surface area contributed by atoms with Crippen molar-refractivity contribution in [1.82, 2.24) is 9.80 Å². The van der Waals surface area contributed by atoms with E-state index in [9.17, 15) is 14.9 Å². The van der Waals surface area contributed by atoms with Gasteiger partial charge in [-0.25, -0.2) is 0 Å². The van der Waals surface area contributed by atoms with Crippen molar-refractivity contribution in [1.29, 1.82) is 5.26 Å². The molecule has 1 heterocycles. The summed E-state index contributed by atoms with van der Waals surface area (Å²) < 4.78 is 0. The second-order valence-corrected chi connectivity index (χ2v) is 8.18. The highest BCUT2D eigenvalue weighted by molar-refractivity contribution is 7.99. The summed E-state index contributed by atoms with van der Waals surface area (Å²) in [5.41, 5.74) is 1.24. The molecule has 0 aromatic heterocycles. The van der Waals surface area contributed by atoms with Crippen molar-refractivity contribution < 1.29 is 9.59 Å². The molecular formula is C22H21N3O2S. The summed E-state index contributed by atoms with van der Waals surface area (Å²) in [4.78, 5) is 30.7. The molecule has 0 radical (unpaired) electrons. The third-order valence-corrected chi connectivity index (χ3v) is 6.30. The minimum Gasteiger partial charge on any atom is -0.339 e. The molecule has 0 bridgehead atoms. The van der Waals surface area contributed by atoms with Crippen LogP contribution in [0.15, 0.2) is 58.3 Å². The predicted molar refractivity (Wildman–Crippen MR) is 107 cm³/mol. The lowest BCUT2D eigenvalue weighted by Crippen LogP contribution is -2.51. The number of rotatable bonds is 4. The molecule has 0 unspecified atom stereocenters. The fourth-order valence-corrected chi connectivity index (χ4v) is 4.41. The Morgan fingerprint density at radius 2 is 1.50 bits per heavy atom. The lowest BCUT2D eigenvalue weighted by Gasteiger charge is -2.35. The van der Waals surface area contributed by atoms with Crippen LogP contribution < -0.4 is 0 Å². The molecule has 1 saturated carbocycles. The lowest BCUT2D eigenvalue weighted by molar-refractivity contribution is -0.134. The van der Waals surface area contributed by atoms with Crippen molar-refractivity contribution in [2.24, 2.45) is 5.92 Å². The molecule has 4 rings (SSSR count). The van der Waals surface area contributed by atoms with Gasteiger partial charge in [0.25, 0.3) is 5.91 Å². The standard InChI is InChI=1S/C22H21N3O2S/c23-15-17-5-1-3-7-19(17)28-20-8-4-2-6-18(20)22(27)25-13-11-24(12-14-25)21(26)16-9-10-16/h1-8,16H,9-14H2. The van der Waals surface area contributed by atoms with Gasteiger partial charge in [-0.1, -0.05) is 36.0 Å². The summed E-state index contributed by atoms with van der Waals surface area (Å²) in [6.45, 7) is 2.33. The third kappa shape index (κ3) is 3.90. The fraction of sp³-hybridized carbons (Fsp3) is 0.318.